The summed E-state index contributed by atoms with van der Waals surface area (Å²) in [6.45, 7) is 2.69. The Hall–Kier alpha value is -2.04. The highest BCUT2D eigenvalue weighted by atomic mass is 35.5. The molecule has 1 fully saturated rings. The fourth-order valence-electron chi connectivity index (χ4n) is 3.85. The molecule has 4 nitrogen and oxygen atoms in total. The van der Waals surface area contributed by atoms with Gasteiger partial charge in [0.25, 0.3) is 0 Å². The van der Waals surface area contributed by atoms with Crippen LogP contribution in [0.3, 0.4) is 0 Å². The summed E-state index contributed by atoms with van der Waals surface area (Å²) in [6, 6.07) is 16.1. The summed E-state index contributed by atoms with van der Waals surface area (Å²) in [5, 5.41) is 0.844. The third kappa shape index (κ3) is 3.24. The number of likely N-dealkylation sites (tertiary alicyclic amines) is 1. The number of fused-ring (bicyclic) bond motifs is 1. The van der Waals surface area contributed by atoms with E-state index in [2.05, 4.69) is 17.0 Å². The van der Waals surface area contributed by atoms with Crippen molar-refractivity contribution in [3.05, 3.63) is 69.7 Å². The van der Waals surface area contributed by atoms with Gasteiger partial charge in [0.2, 0.25) is 0 Å². The number of rotatable bonds is 5. The van der Waals surface area contributed by atoms with E-state index < -0.39 is 0 Å². The van der Waals surface area contributed by atoms with Crippen molar-refractivity contribution in [2.75, 3.05) is 13.1 Å². The van der Waals surface area contributed by atoms with Gasteiger partial charge in [-0.3, -0.25) is 9.47 Å². The molecular formula is C20H21ClN2O2. The second-order valence-corrected chi connectivity index (χ2v) is 6.96. The van der Waals surface area contributed by atoms with E-state index in [1.807, 2.05) is 36.4 Å². The van der Waals surface area contributed by atoms with Crippen LogP contribution in [-0.2, 0) is 6.54 Å². The maximum Gasteiger partial charge on any atom is 0.419 e. The first-order chi connectivity index (χ1) is 12.2. The fraction of sp³-hybridized carbons (Fsp3) is 0.350. The molecule has 0 aliphatic carbocycles. The van der Waals surface area contributed by atoms with Gasteiger partial charge in [0, 0.05) is 24.2 Å². The molecule has 0 radical (unpaired) electrons. The summed E-state index contributed by atoms with van der Waals surface area (Å²) in [7, 11) is 0. The average Bonchev–Trinajstić information content (AvgIpc) is 3.20. The number of para-hydroxylation sites is 2. The normalized spacial score (nSPS) is 18.2. The smallest absolute Gasteiger partial charge is 0.408 e. The van der Waals surface area contributed by atoms with E-state index in [0.717, 1.165) is 36.5 Å². The molecular weight excluding hydrogens is 336 g/mol. The van der Waals surface area contributed by atoms with E-state index in [1.54, 1.807) is 4.57 Å². The number of nitrogens with zero attached hydrogens (tertiary/aromatic N) is 2. The molecule has 0 spiro atoms. The Morgan fingerprint density at radius 1 is 1.08 bits per heavy atom. The molecule has 3 aromatic rings. The zero-order chi connectivity index (χ0) is 17.2. The Bertz CT molecular complexity index is 931. The van der Waals surface area contributed by atoms with Gasteiger partial charge in [-0.1, -0.05) is 41.9 Å². The number of oxazole rings is 1. The Morgan fingerprint density at radius 2 is 1.88 bits per heavy atom. The van der Waals surface area contributed by atoms with E-state index in [-0.39, 0.29) is 5.76 Å². The number of hydrogen-bond donors (Lipinski definition) is 0. The van der Waals surface area contributed by atoms with Gasteiger partial charge in [-0.2, -0.15) is 0 Å². The molecule has 0 bridgehead atoms. The van der Waals surface area contributed by atoms with Gasteiger partial charge in [-0.25, -0.2) is 4.79 Å². The van der Waals surface area contributed by atoms with Crippen molar-refractivity contribution in [3.8, 4) is 0 Å². The first-order valence-corrected chi connectivity index (χ1v) is 9.19. The van der Waals surface area contributed by atoms with Gasteiger partial charge in [0.15, 0.2) is 5.58 Å². The highest BCUT2D eigenvalue weighted by Gasteiger charge is 2.26. The molecule has 25 heavy (non-hydrogen) atoms. The lowest BCUT2D eigenvalue weighted by Gasteiger charge is -2.25. The summed E-state index contributed by atoms with van der Waals surface area (Å²) in [5.41, 5.74) is 2.74. The largest absolute Gasteiger partial charge is 0.419 e. The van der Waals surface area contributed by atoms with Crippen molar-refractivity contribution < 1.29 is 4.42 Å². The van der Waals surface area contributed by atoms with Crippen LogP contribution < -0.4 is 5.76 Å². The lowest BCUT2D eigenvalue weighted by Crippen LogP contribution is -2.26. The minimum absolute atomic E-state index is 0.273. The van der Waals surface area contributed by atoms with Gasteiger partial charge in [0.05, 0.1) is 5.52 Å². The summed E-state index contributed by atoms with van der Waals surface area (Å²) in [4.78, 5) is 14.5. The molecule has 130 valence electrons. The molecule has 0 N–H and O–H groups in total. The van der Waals surface area contributed by atoms with Crippen molar-refractivity contribution in [1.29, 1.82) is 0 Å². The third-order valence-corrected chi connectivity index (χ3v) is 5.37. The van der Waals surface area contributed by atoms with E-state index in [1.165, 1.54) is 12.0 Å². The SMILES string of the molecule is O=c1oc2ccccc2n1CCCN1CCCC1c1ccccc1Cl. The van der Waals surface area contributed by atoms with Crippen LogP contribution in [0.15, 0.2) is 57.7 Å². The van der Waals surface area contributed by atoms with Crippen molar-refractivity contribution in [3.63, 3.8) is 0 Å². The molecule has 2 aromatic carbocycles. The number of halogens is 1. The predicted octanol–water partition coefficient (Wildman–Crippen LogP) is 4.48. The van der Waals surface area contributed by atoms with Crippen LogP contribution in [0.2, 0.25) is 5.02 Å². The lowest BCUT2D eigenvalue weighted by atomic mass is 10.0. The van der Waals surface area contributed by atoms with Crippen LogP contribution in [0.4, 0.5) is 0 Å². The molecule has 1 aliphatic heterocycles. The molecule has 2 heterocycles. The fourth-order valence-corrected chi connectivity index (χ4v) is 4.11. The Balaban J connectivity index is 1.45. The number of hydrogen-bond acceptors (Lipinski definition) is 3. The molecule has 4 rings (SSSR count). The Kier molecular flexibility index (Phi) is 4.64. The Morgan fingerprint density at radius 3 is 2.76 bits per heavy atom. The van der Waals surface area contributed by atoms with E-state index >= 15 is 0 Å². The van der Waals surface area contributed by atoms with Crippen LogP contribution in [0.25, 0.3) is 11.1 Å². The number of aromatic nitrogens is 1. The second kappa shape index (κ2) is 7.06. The van der Waals surface area contributed by atoms with Gasteiger partial charge >= 0.3 is 5.76 Å². The highest BCUT2D eigenvalue weighted by Crippen LogP contribution is 2.35. The van der Waals surface area contributed by atoms with E-state index in [0.29, 0.717) is 18.2 Å². The summed E-state index contributed by atoms with van der Waals surface area (Å²) >= 11 is 6.39. The van der Waals surface area contributed by atoms with Crippen LogP contribution in [0.5, 0.6) is 0 Å². The van der Waals surface area contributed by atoms with Crippen molar-refractivity contribution in [1.82, 2.24) is 9.47 Å². The first-order valence-electron chi connectivity index (χ1n) is 8.81. The molecule has 5 heteroatoms. The quantitative estimate of drug-likeness (QED) is 0.676. The maximum absolute atomic E-state index is 12.1. The summed E-state index contributed by atoms with van der Waals surface area (Å²) < 4.78 is 7.04. The van der Waals surface area contributed by atoms with Crippen LogP contribution in [0, 0.1) is 0 Å². The molecule has 1 saturated heterocycles. The molecule has 1 atom stereocenters. The number of benzene rings is 2. The monoisotopic (exact) mass is 356 g/mol. The summed E-state index contributed by atoms with van der Waals surface area (Å²) in [5.74, 6) is -0.273. The van der Waals surface area contributed by atoms with Gasteiger partial charge in [0.1, 0.15) is 0 Å². The first kappa shape index (κ1) is 16.4. The molecule has 1 unspecified atom stereocenters. The van der Waals surface area contributed by atoms with Crippen LogP contribution in [-0.4, -0.2) is 22.6 Å². The zero-order valence-electron chi connectivity index (χ0n) is 14.0. The van der Waals surface area contributed by atoms with Crippen molar-refractivity contribution >= 4 is 22.7 Å². The minimum Gasteiger partial charge on any atom is -0.408 e. The topological polar surface area (TPSA) is 38.4 Å². The Labute approximate surface area is 151 Å². The molecule has 1 aliphatic rings. The van der Waals surface area contributed by atoms with Crippen LogP contribution in [0.1, 0.15) is 30.9 Å². The van der Waals surface area contributed by atoms with Gasteiger partial charge < -0.3 is 4.42 Å². The van der Waals surface area contributed by atoms with E-state index in [9.17, 15) is 4.79 Å². The lowest BCUT2D eigenvalue weighted by molar-refractivity contribution is 0.248. The van der Waals surface area contributed by atoms with Gasteiger partial charge in [-0.05, 0) is 49.6 Å². The average molecular weight is 357 g/mol. The second-order valence-electron chi connectivity index (χ2n) is 6.56. The standard InChI is InChI=1S/C20H21ClN2O2/c21-16-8-2-1-7-15(16)17-10-5-12-22(17)13-6-14-23-18-9-3-4-11-19(18)25-20(23)24/h1-4,7-9,11,17H,5-6,10,12-14H2. The predicted molar refractivity (Wildman–Crippen MR) is 100 cm³/mol. The van der Waals surface area contributed by atoms with E-state index in [4.69, 9.17) is 16.0 Å². The van der Waals surface area contributed by atoms with Crippen molar-refractivity contribution in [2.24, 2.45) is 0 Å². The van der Waals surface area contributed by atoms with Crippen molar-refractivity contribution in [2.45, 2.75) is 31.8 Å². The molecule has 0 amide bonds. The third-order valence-electron chi connectivity index (χ3n) is 5.03. The minimum atomic E-state index is -0.273. The van der Waals surface area contributed by atoms with Crippen LogP contribution >= 0.6 is 11.6 Å². The maximum atomic E-state index is 12.1. The summed E-state index contributed by atoms with van der Waals surface area (Å²) in [6.07, 6.45) is 3.23. The molecule has 0 saturated carbocycles. The van der Waals surface area contributed by atoms with Gasteiger partial charge in [-0.15, -0.1) is 0 Å². The molecule has 1 aromatic heterocycles. The number of aryl methyl sites for hydroxylation is 1. The highest BCUT2D eigenvalue weighted by molar-refractivity contribution is 6.31. The zero-order valence-corrected chi connectivity index (χ0v) is 14.8.